The molecule has 19 heavy (non-hydrogen) atoms. The third-order valence-electron chi connectivity index (χ3n) is 2.96. The van der Waals surface area contributed by atoms with Crippen molar-refractivity contribution in [3.63, 3.8) is 0 Å². The summed E-state index contributed by atoms with van der Waals surface area (Å²) in [4.78, 5) is 4.67. The minimum Gasteiger partial charge on any atom is -0.494 e. The minimum absolute atomic E-state index is 0. The van der Waals surface area contributed by atoms with Crippen LogP contribution in [0.5, 0.6) is 5.75 Å². The molecule has 2 nitrogen and oxygen atoms in total. The van der Waals surface area contributed by atoms with Crippen molar-refractivity contribution in [1.29, 1.82) is 0 Å². The van der Waals surface area contributed by atoms with Crippen LogP contribution in [0.2, 0.25) is 0 Å². The topological polar surface area (TPSA) is 22.1 Å². The molecule has 0 fully saturated rings. The predicted octanol–water partition coefficient (Wildman–Crippen LogP) is 4.60. The monoisotopic (exact) mass is 273 g/mol. The number of ether oxygens (including phenoxy) is 1. The molecule has 3 heteroatoms. The van der Waals surface area contributed by atoms with Crippen LogP contribution < -0.4 is 4.74 Å². The van der Waals surface area contributed by atoms with Gasteiger partial charge in [0.2, 0.25) is 0 Å². The van der Waals surface area contributed by atoms with E-state index in [1.165, 1.54) is 5.39 Å². The van der Waals surface area contributed by atoms with Gasteiger partial charge in [-0.05, 0) is 30.7 Å². The molecule has 0 radical (unpaired) electrons. The highest BCUT2D eigenvalue weighted by molar-refractivity contribution is 5.93. The van der Waals surface area contributed by atoms with E-state index in [-0.39, 0.29) is 12.4 Å². The fraction of sp³-hybridized carbons (Fsp3) is 0.188. The molecule has 0 atom stereocenters. The van der Waals surface area contributed by atoms with Crippen LogP contribution in [0.4, 0.5) is 0 Å². The Hall–Kier alpha value is -1.80. The number of benzene rings is 2. The van der Waals surface area contributed by atoms with E-state index < -0.39 is 0 Å². The van der Waals surface area contributed by atoms with Gasteiger partial charge in [0.15, 0.2) is 0 Å². The summed E-state index contributed by atoms with van der Waals surface area (Å²) in [7, 11) is 0. The lowest BCUT2D eigenvalue weighted by Crippen LogP contribution is -1.94. The van der Waals surface area contributed by atoms with Gasteiger partial charge in [-0.1, -0.05) is 25.1 Å². The fourth-order valence-electron chi connectivity index (χ4n) is 2.06. The Labute approximate surface area is 118 Å². The lowest BCUT2D eigenvalue weighted by atomic mass is 10.1. The molecule has 3 aromatic rings. The maximum atomic E-state index is 5.64. The second-order valence-corrected chi connectivity index (χ2v) is 4.38. The number of pyridine rings is 1. The number of aromatic nitrogens is 1. The largest absolute Gasteiger partial charge is 0.494 e. The first-order valence-corrected chi connectivity index (χ1v) is 6.29. The second-order valence-electron chi connectivity index (χ2n) is 4.38. The quantitative estimate of drug-likeness (QED) is 0.651. The van der Waals surface area contributed by atoms with Crippen molar-refractivity contribution in [2.75, 3.05) is 6.61 Å². The first kappa shape index (κ1) is 13.6. The molecule has 1 aromatic heterocycles. The summed E-state index contributed by atoms with van der Waals surface area (Å²) in [6, 6.07) is 16.4. The third-order valence-corrected chi connectivity index (χ3v) is 2.96. The van der Waals surface area contributed by atoms with Gasteiger partial charge in [0.05, 0.1) is 17.6 Å². The number of hydrogen-bond acceptors (Lipinski definition) is 2. The molecule has 0 aliphatic heterocycles. The minimum atomic E-state index is 0. The molecule has 0 spiro atoms. The van der Waals surface area contributed by atoms with Crippen LogP contribution in [-0.4, -0.2) is 11.6 Å². The first-order chi connectivity index (χ1) is 8.86. The van der Waals surface area contributed by atoms with Gasteiger partial charge in [-0.25, -0.2) is 4.98 Å². The van der Waals surface area contributed by atoms with E-state index in [9.17, 15) is 0 Å². The zero-order valence-electron chi connectivity index (χ0n) is 10.8. The maximum absolute atomic E-state index is 5.64. The van der Waals surface area contributed by atoms with E-state index in [2.05, 4.69) is 30.1 Å². The summed E-state index contributed by atoms with van der Waals surface area (Å²) < 4.78 is 5.64. The fourth-order valence-corrected chi connectivity index (χ4v) is 2.06. The normalized spacial score (nSPS) is 10.4. The summed E-state index contributed by atoms with van der Waals surface area (Å²) >= 11 is 0. The van der Waals surface area contributed by atoms with Gasteiger partial charge in [0.25, 0.3) is 0 Å². The van der Waals surface area contributed by atoms with Gasteiger partial charge in [0.1, 0.15) is 5.75 Å². The van der Waals surface area contributed by atoms with Crippen molar-refractivity contribution >= 4 is 34.2 Å². The van der Waals surface area contributed by atoms with Crippen molar-refractivity contribution in [2.24, 2.45) is 0 Å². The maximum Gasteiger partial charge on any atom is 0.121 e. The number of nitrogens with zero attached hydrogens (tertiary/aromatic N) is 1. The van der Waals surface area contributed by atoms with Gasteiger partial charge >= 0.3 is 0 Å². The third kappa shape index (κ3) is 2.79. The van der Waals surface area contributed by atoms with E-state index >= 15 is 0 Å². The zero-order valence-corrected chi connectivity index (χ0v) is 11.6. The van der Waals surface area contributed by atoms with Crippen molar-refractivity contribution in [2.45, 2.75) is 13.3 Å². The average molecular weight is 274 g/mol. The Kier molecular flexibility index (Phi) is 4.23. The highest BCUT2D eigenvalue weighted by Gasteiger charge is 2.01. The Morgan fingerprint density at radius 2 is 1.74 bits per heavy atom. The number of para-hydroxylation sites is 1. The van der Waals surface area contributed by atoms with Gasteiger partial charge in [-0.3, -0.25) is 0 Å². The van der Waals surface area contributed by atoms with Crippen LogP contribution in [-0.2, 0) is 0 Å². The molecule has 0 aliphatic rings. The van der Waals surface area contributed by atoms with Crippen LogP contribution in [0.15, 0.2) is 48.5 Å². The molecule has 0 saturated heterocycles. The number of rotatable bonds is 3. The smallest absolute Gasteiger partial charge is 0.121 e. The van der Waals surface area contributed by atoms with Gasteiger partial charge in [-0.15, -0.1) is 12.4 Å². The van der Waals surface area contributed by atoms with Crippen molar-refractivity contribution in [3.05, 3.63) is 48.5 Å². The van der Waals surface area contributed by atoms with Crippen LogP contribution in [0.1, 0.15) is 13.3 Å². The van der Waals surface area contributed by atoms with Gasteiger partial charge in [-0.2, -0.15) is 0 Å². The van der Waals surface area contributed by atoms with E-state index in [1.54, 1.807) is 0 Å². The van der Waals surface area contributed by atoms with Gasteiger partial charge < -0.3 is 4.74 Å². The molecule has 0 aliphatic carbocycles. The Bertz CT molecular complexity index is 696. The standard InChI is InChI=1S/C16H15NO.ClH/c1-2-9-18-14-8-7-13-10-12-5-3-4-6-15(12)17-16(13)11-14;/h3-8,10-11H,2,9H2,1H3;1H. The molecule has 0 unspecified atom stereocenters. The predicted molar refractivity (Wildman–Crippen MR) is 82.3 cm³/mol. The lowest BCUT2D eigenvalue weighted by molar-refractivity contribution is 0.318. The zero-order chi connectivity index (χ0) is 12.4. The summed E-state index contributed by atoms with van der Waals surface area (Å²) in [5.41, 5.74) is 2.01. The van der Waals surface area contributed by atoms with E-state index in [0.29, 0.717) is 0 Å². The molecule has 3 rings (SSSR count). The van der Waals surface area contributed by atoms with Crippen LogP contribution >= 0.6 is 12.4 Å². The van der Waals surface area contributed by atoms with Crippen LogP contribution in [0.25, 0.3) is 21.8 Å². The molecule has 0 saturated carbocycles. The SMILES string of the molecule is CCCOc1ccc2cc3ccccc3nc2c1.Cl. The van der Waals surface area contributed by atoms with Crippen LogP contribution in [0.3, 0.4) is 0 Å². The summed E-state index contributed by atoms with van der Waals surface area (Å²) in [6.45, 7) is 2.85. The van der Waals surface area contributed by atoms with Gasteiger partial charge in [0, 0.05) is 16.8 Å². The highest BCUT2D eigenvalue weighted by Crippen LogP contribution is 2.23. The number of fused-ring (bicyclic) bond motifs is 2. The van der Waals surface area contributed by atoms with E-state index in [0.717, 1.165) is 35.2 Å². The summed E-state index contributed by atoms with van der Waals surface area (Å²) in [5.74, 6) is 0.895. The molecular weight excluding hydrogens is 258 g/mol. The highest BCUT2D eigenvalue weighted by atomic mass is 35.5. The average Bonchev–Trinajstić information content (AvgIpc) is 2.42. The molecule has 98 valence electrons. The van der Waals surface area contributed by atoms with Crippen LogP contribution in [0, 0.1) is 0 Å². The molecule has 1 heterocycles. The number of hydrogen-bond donors (Lipinski definition) is 0. The Morgan fingerprint density at radius 3 is 2.58 bits per heavy atom. The van der Waals surface area contributed by atoms with Crippen molar-refractivity contribution in [3.8, 4) is 5.75 Å². The summed E-state index contributed by atoms with van der Waals surface area (Å²) in [5, 5.41) is 2.32. The Morgan fingerprint density at radius 1 is 0.947 bits per heavy atom. The molecular formula is C16H16ClNO. The molecule has 0 amide bonds. The van der Waals surface area contributed by atoms with Crippen molar-refractivity contribution < 1.29 is 4.74 Å². The van der Waals surface area contributed by atoms with E-state index in [4.69, 9.17) is 4.74 Å². The molecule has 0 bridgehead atoms. The summed E-state index contributed by atoms with van der Waals surface area (Å²) in [6.07, 6.45) is 1.02. The first-order valence-electron chi connectivity index (χ1n) is 6.29. The van der Waals surface area contributed by atoms with Crippen molar-refractivity contribution in [1.82, 2.24) is 4.98 Å². The molecule has 0 N–H and O–H groups in total. The number of halogens is 1. The second kappa shape index (κ2) is 5.89. The molecule has 2 aromatic carbocycles. The van der Waals surface area contributed by atoms with E-state index in [1.807, 2.05) is 30.3 Å². The Balaban J connectivity index is 0.00000133. The lowest BCUT2D eigenvalue weighted by Gasteiger charge is -2.06.